The summed E-state index contributed by atoms with van der Waals surface area (Å²) in [6.45, 7) is 7.11. The topological polar surface area (TPSA) is 34.0 Å². The number of alkyl halides is 3. The Morgan fingerprint density at radius 3 is 2.42 bits per heavy atom. The van der Waals surface area contributed by atoms with E-state index in [1.807, 2.05) is 34.9 Å². The zero-order chi connectivity index (χ0) is 23.6. The first-order valence-electron chi connectivity index (χ1n) is 11.5. The molecule has 2 aliphatic rings. The Hall–Kier alpha value is -2.76. The molecular formula is C27H29F3N2O. The van der Waals surface area contributed by atoms with E-state index in [-0.39, 0.29) is 22.8 Å². The fraction of sp³-hybridized carbons (Fsp3) is 0.444. The van der Waals surface area contributed by atoms with Crippen molar-refractivity contribution in [2.24, 2.45) is 16.7 Å². The lowest BCUT2D eigenvalue weighted by Crippen LogP contribution is -2.52. The number of carbonyl (C=O) groups is 1. The van der Waals surface area contributed by atoms with Crippen LogP contribution in [0.1, 0.15) is 61.6 Å². The smallest absolute Gasteiger partial charge is 0.347 e. The summed E-state index contributed by atoms with van der Waals surface area (Å²) in [4.78, 5) is 13.6. The monoisotopic (exact) mass is 454 g/mol. The number of nitrogens with one attached hydrogen (secondary N) is 1. The van der Waals surface area contributed by atoms with Crippen molar-refractivity contribution in [2.45, 2.75) is 58.8 Å². The van der Waals surface area contributed by atoms with E-state index in [0.29, 0.717) is 23.7 Å². The summed E-state index contributed by atoms with van der Waals surface area (Å²) >= 11 is 0. The van der Waals surface area contributed by atoms with Crippen LogP contribution in [-0.2, 0) is 12.7 Å². The van der Waals surface area contributed by atoms with Crippen LogP contribution in [-0.4, -0.2) is 16.5 Å². The highest BCUT2D eigenvalue weighted by atomic mass is 19.4. The molecular weight excluding hydrogens is 425 g/mol. The number of benzene rings is 2. The molecule has 3 nitrogen and oxygen atoms in total. The molecule has 174 valence electrons. The molecule has 0 spiro atoms. The summed E-state index contributed by atoms with van der Waals surface area (Å²) in [7, 11) is 0. The van der Waals surface area contributed by atoms with Crippen LogP contribution in [0.15, 0.2) is 54.6 Å². The van der Waals surface area contributed by atoms with Crippen molar-refractivity contribution in [2.75, 3.05) is 0 Å². The van der Waals surface area contributed by atoms with Gasteiger partial charge in [0.15, 0.2) is 0 Å². The second kappa shape index (κ2) is 7.37. The second-order valence-electron chi connectivity index (χ2n) is 10.7. The summed E-state index contributed by atoms with van der Waals surface area (Å²) in [6, 6.07) is 14.9. The van der Waals surface area contributed by atoms with E-state index in [4.69, 9.17) is 0 Å². The maximum absolute atomic E-state index is 13.6. The second-order valence-corrected chi connectivity index (χ2v) is 10.7. The van der Waals surface area contributed by atoms with Gasteiger partial charge in [0.2, 0.25) is 0 Å². The van der Waals surface area contributed by atoms with Crippen LogP contribution in [0.25, 0.3) is 10.9 Å². The van der Waals surface area contributed by atoms with Crippen LogP contribution < -0.4 is 5.32 Å². The molecule has 0 aliphatic heterocycles. The summed E-state index contributed by atoms with van der Waals surface area (Å²) in [5.41, 5.74) is 1.61. The minimum atomic E-state index is -4.37. The van der Waals surface area contributed by atoms with Crippen LogP contribution in [0, 0.1) is 16.7 Å². The molecule has 0 saturated heterocycles. The molecule has 2 saturated carbocycles. The predicted octanol–water partition coefficient (Wildman–Crippen LogP) is 6.65. The summed E-state index contributed by atoms with van der Waals surface area (Å²) < 4.78 is 40.8. The van der Waals surface area contributed by atoms with E-state index in [1.54, 1.807) is 0 Å². The average molecular weight is 455 g/mol. The summed E-state index contributed by atoms with van der Waals surface area (Å²) in [6.07, 6.45) is -0.891. The first kappa shape index (κ1) is 22.1. The molecule has 2 aliphatic carbocycles. The molecule has 1 N–H and O–H groups in total. The molecule has 1 aromatic heterocycles. The number of halogens is 3. The van der Waals surface area contributed by atoms with Gasteiger partial charge in [0, 0.05) is 23.5 Å². The van der Waals surface area contributed by atoms with Crippen molar-refractivity contribution in [3.05, 3.63) is 71.4 Å². The molecule has 1 heterocycles. The maximum atomic E-state index is 13.6. The lowest BCUT2D eigenvalue weighted by molar-refractivity contribution is -0.137. The molecule has 3 aromatic rings. The Bertz CT molecular complexity index is 1200. The first-order chi connectivity index (χ1) is 15.5. The normalized spacial score (nSPS) is 26.1. The van der Waals surface area contributed by atoms with E-state index < -0.39 is 11.7 Å². The molecule has 2 fully saturated rings. The zero-order valence-electron chi connectivity index (χ0n) is 19.2. The van der Waals surface area contributed by atoms with Gasteiger partial charge < -0.3 is 9.88 Å². The third-order valence-corrected chi connectivity index (χ3v) is 8.21. The molecule has 6 heteroatoms. The predicted molar refractivity (Wildman–Crippen MR) is 123 cm³/mol. The number of para-hydroxylation sites is 1. The molecule has 2 bridgehead atoms. The number of amides is 1. The quantitative estimate of drug-likeness (QED) is 0.470. The van der Waals surface area contributed by atoms with Gasteiger partial charge in [0.05, 0.1) is 5.56 Å². The molecule has 33 heavy (non-hydrogen) atoms. The minimum Gasteiger partial charge on any atom is -0.347 e. The molecule has 2 aromatic carbocycles. The number of carbonyl (C=O) groups excluding carboxylic acids is 1. The molecule has 5 rings (SSSR count). The van der Waals surface area contributed by atoms with Gasteiger partial charge in [-0.2, -0.15) is 13.2 Å². The average Bonchev–Trinajstić information content (AvgIpc) is 3.38. The number of hydrogen-bond acceptors (Lipinski definition) is 1. The van der Waals surface area contributed by atoms with Crippen molar-refractivity contribution in [1.82, 2.24) is 9.88 Å². The van der Waals surface area contributed by atoms with Gasteiger partial charge in [0.1, 0.15) is 5.69 Å². The Morgan fingerprint density at radius 2 is 1.79 bits per heavy atom. The highest BCUT2D eigenvalue weighted by molar-refractivity contribution is 5.99. The van der Waals surface area contributed by atoms with Crippen LogP contribution in [0.2, 0.25) is 0 Å². The fourth-order valence-electron chi connectivity index (χ4n) is 6.42. The highest BCUT2D eigenvalue weighted by Gasteiger charge is 2.59. The summed E-state index contributed by atoms with van der Waals surface area (Å²) in [5.74, 6) is 0.496. The van der Waals surface area contributed by atoms with E-state index in [0.717, 1.165) is 35.9 Å². The fourth-order valence-corrected chi connectivity index (χ4v) is 6.42. The van der Waals surface area contributed by atoms with E-state index in [9.17, 15) is 18.0 Å². The largest absolute Gasteiger partial charge is 0.416 e. The van der Waals surface area contributed by atoms with Crippen molar-refractivity contribution in [3.8, 4) is 0 Å². The van der Waals surface area contributed by atoms with Gasteiger partial charge in [0.25, 0.3) is 5.91 Å². The maximum Gasteiger partial charge on any atom is 0.416 e. The summed E-state index contributed by atoms with van der Waals surface area (Å²) in [5, 5.41) is 4.30. The van der Waals surface area contributed by atoms with Crippen LogP contribution >= 0.6 is 0 Å². The first-order valence-corrected chi connectivity index (χ1v) is 11.5. The van der Waals surface area contributed by atoms with Crippen LogP contribution in [0.4, 0.5) is 13.2 Å². The van der Waals surface area contributed by atoms with Crippen molar-refractivity contribution in [3.63, 3.8) is 0 Å². The van der Waals surface area contributed by atoms with E-state index >= 15 is 0 Å². The number of fused-ring (bicyclic) bond motifs is 3. The molecule has 3 atom stereocenters. The Morgan fingerprint density at radius 1 is 1.09 bits per heavy atom. The number of rotatable bonds is 4. The van der Waals surface area contributed by atoms with E-state index in [2.05, 4.69) is 26.1 Å². The molecule has 2 unspecified atom stereocenters. The lowest BCUT2D eigenvalue weighted by Gasteiger charge is -2.43. The van der Waals surface area contributed by atoms with Gasteiger partial charge >= 0.3 is 6.18 Å². The van der Waals surface area contributed by atoms with Gasteiger partial charge in [-0.25, -0.2) is 0 Å². The minimum absolute atomic E-state index is 0.0347. The Balaban J connectivity index is 1.48. The Labute approximate surface area is 192 Å². The number of nitrogens with zero attached hydrogens (tertiary/aromatic N) is 1. The van der Waals surface area contributed by atoms with Crippen molar-refractivity contribution in [1.29, 1.82) is 0 Å². The molecule has 1 amide bonds. The van der Waals surface area contributed by atoms with Gasteiger partial charge in [-0.3, -0.25) is 4.79 Å². The number of aromatic nitrogens is 1. The zero-order valence-corrected chi connectivity index (χ0v) is 19.2. The van der Waals surface area contributed by atoms with Crippen molar-refractivity contribution < 1.29 is 18.0 Å². The lowest BCUT2D eigenvalue weighted by atomic mass is 9.68. The van der Waals surface area contributed by atoms with Crippen LogP contribution in [0.3, 0.4) is 0 Å². The third kappa shape index (κ3) is 3.64. The highest BCUT2D eigenvalue weighted by Crippen LogP contribution is 2.62. The van der Waals surface area contributed by atoms with Gasteiger partial charge in [-0.1, -0.05) is 51.1 Å². The van der Waals surface area contributed by atoms with Gasteiger partial charge in [-0.05, 0) is 65.8 Å². The standard InChI is InChI=1S/C27H29F3N2O/c1-25(2)20-12-13-26(3,15-20)24(25)31-23(33)22-14-18-6-4-5-7-21(18)32(22)16-17-8-10-19(11-9-17)27(28,29)30/h4-11,14,20,24H,12-13,15-16H2,1-3H3,(H,31,33)/t20?,24?,26-/m1/s1. The van der Waals surface area contributed by atoms with Gasteiger partial charge in [-0.15, -0.1) is 0 Å². The van der Waals surface area contributed by atoms with Crippen molar-refractivity contribution >= 4 is 16.8 Å². The van der Waals surface area contributed by atoms with Crippen LogP contribution in [0.5, 0.6) is 0 Å². The molecule has 0 radical (unpaired) electrons. The van der Waals surface area contributed by atoms with E-state index in [1.165, 1.54) is 18.6 Å². The Kier molecular flexibility index (Phi) is 4.93. The SMILES string of the molecule is CC1(C)C2CC[C@](C)(C2)C1NC(=O)c1cc2ccccc2n1Cc1ccc(C(F)(F)F)cc1. The third-order valence-electron chi connectivity index (χ3n) is 8.21. The number of hydrogen-bond donors (Lipinski definition) is 1.